The Kier molecular flexibility index (Phi) is 27.0. The molecule has 0 aromatic heterocycles. The maximum absolute atomic E-state index is 8.89. The molecule has 0 atom stereocenters. The minimum atomic E-state index is -1.08. The predicted octanol–water partition coefficient (Wildman–Crippen LogP) is -0.468. The maximum atomic E-state index is 8.89. The second-order valence-corrected chi connectivity index (χ2v) is 1.57. The first-order chi connectivity index (χ1) is 4.15. The van der Waals surface area contributed by atoms with Crippen LogP contribution < -0.4 is 5.11 Å². The van der Waals surface area contributed by atoms with Gasteiger partial charge in [0, 0.05) is 38.8 Å². The Balaban J connectivity index is -0.0000000910. The molecule has 0 saturated carbocycles. The van der Waals surface area contributed by atoms with Gasteiger partial charge in [-0.1, -0.05) is 13.3 Å². The van der Waals surface area contributed by atoms with Gasteiger partial charge in [-0.25, -0.2) is 0 Å². The molecule has 0 bridgehead atoms. The topological polar surface area (TPSA) is 60.4 Å². The first-order valence-corrected chi connectivity index (χ1v) is 2.93. The van der Waals surface area contributed by atoms with Gasteiger partial charge in [0.25, 0.3) is 0 Å². The molecule has 0 aliphatic rings. The van der Waals surface area contributed by atoms with Gasteiger partial charge < -0.3 is 15.0 Å². The van der Waals surface area contributed by atoms with Crippen molar-refractivity contribution < 1.29 is 41.2 Å². The zero-order valence-corrected chi connectivity index (χ0v) is 8.84. The summed E-state index contributed by atoms with van der Waals surface area (Å²) in [6.45, 7) is 3.37. The number of carbonyl (C=O) groups is 1. The van der Waals surface area contributed by atoms with E-state index in [-0.39, 0.29) is 26.2 Å². The number of carboxylic acid groups (broad SMARTS) is 1. The number of carboxylic acids is 1. The van der Waals surface area contributed by atoms with Crippen LogP contribution in [0.4, 0.5) is 0 Å². The van der Waals surface area contributed by atoms with Crippen LogP contribution in [0.5, 0.6) is 0 Å². The van der Waals surface area contributed by atoms with Crippen LogP contribution in [0.1, 0.15) is 26.7 Å². The average molecular weight is 224 g/mol. The van der Waals surface area contributed by atoms with E-state index in [9.17, 15) is 0 Å². The van der Waals surface area contributed by atoms with Crippen molar-refractivity contribution in [3.8, 4) is 0 Å². The number of hydrogen-bond acceptors (Lipinski definition) is 3. The molecule has 0 aromatic rings. The van der Waals surface area contributed by atoms with Crippen LogP contribution in [0.15, 0.2) is 0 Å². The van der Waals surface area contributed by atoms with Crippen molar-refractivity contribution in [3.05, 3.63) is 0 Å². The Morgan fingerprint density at radius 3 is 1.90 bits per heavy atom. The molecular formula is C6H13O3Zr-. The van der Waals surface area contributed by atoms with Crippen molar-refractivity contribution in [1.29, 1.82) is 0 Å². The summed E-state index contributed by atoms with van der Waals surface area (Å²) in [4.78, 5) is 8.89. The standard InChI is InChI=1S/C4H10O.C2H4O2.Zr/c1-2-3-4-5;1-2(3)4;/h5H,2-4H2,1H3;1H3,(H,3,4);/p-1. The van der Waals surface area contributed by atoms with Gasteiger partial charge in [-0.3, -0.25) is 0 Å². The van der Waals surface area contributed by atoms with Crippen LogP contribution in [0, 0.1) is 0 Å². The molecule has 0 spiro atoms. The molecule has 0 aliphatic heterocycles. The first kappa shape index (κ1) is 16.7. The van der Waals surface area contributed by atoms with Crippen LogP contribution >= 0.6 is 0 Å². The number of hydrogen-bond donors (Lipinski definition) is 1. The SMILES string of the molecule is CC(=O)[O-].CCCCO.[Zr]. The fourth-order valence-corrected chi connectivity index (χ4v) is 0.158. The van der Waals surface area contributed by atoms with E-state index in [2.05, 4.69) is 6.92 Å². The summed E-state index contributed by atoms with van der Waals surface area (Å²) in [5, 5.41) is 17.0. The summed E-state index contributed by atoms with van der Waals surface area (Å²) in [6, 6.07) is 0. The molecule has 60 valence electrons. The number of rotatable bonds is 2. The zero-order valence-electron chi connectivity index (χ0n) is 6.39. The summed E-state index contributed by atoms with van der Waals surface area (Å²) in [7, 11) is 0. The van der Waals surface area contributed by atoms with Crippen molar-refractivity contribution in [1.82, 2.24) is 0 Å². The Labute approximate surface area is 80.6 Å². The first-order valence-electron chi connectivity index (χ1n) is 2.93. The van der Waals surface area contributed by atoms with E-state index in [0.29, 0.717) is 6.61 Å². The van der Waals surface area contributed by atoms with E-state index in [1.807, 2.05) is 0 Å². The molecule has 0 radical (unpaired) electrons. The molecule has 0 fully saturated rings. The summed E-state index contributed by atoms with van der Waals surface area (Å²) in [6.07, 6.45) is 2.04. The number of carbonyl (C=O) groups excluding carboxylic acids is 1. The Morgan fingerprint density at radius 1 is 1.60 bits per heavy atom. The molecular weight excluding hydrogens is 211 g/mol. The Morgan fingerprint density at radius 2 is 1.90 bits per heavy atom. The van der Waals surface area contributed by atoms with Crippen molar-refractivity contribution >= 4 is 5.97 Å². The molecule has 0 unspecified atom stereocenters. The quantitative estimate of drug-likeness (QED) is 0.690. The Bertz CT molecular complexity index is 60.0. The summed E-state index contributed by atoms with van der Waals surface area (Å²) < 4.78 is 0. The fraction of sp³-hybridized carbons (Fsp3) is 0.833. The molecule has 0 rings (SSSR count). The van der Waals surface area contributed by atoms with Gasteiger partial charge in [0.05, 0.1) is 0 Å². The molecule has 3 nitrogen and oxygen atoms in total. The summed E-state index contributed by atoms with van der Waals surface area (Å²) in [5.41, 5.74) is 0. The largest absolute Gasteiger partial charge is 0.550 e. The zero-order chi connectivity index (χ0) is 7.70. The van der Waals surface area contributed by atoms with E-state index in [4.69, 9.17) is 15.0 Å². The van der Waals surface area contributed by atoms with Gasteiger partial charge in [0.15, 0.2) is 0 Å². The van der Waals surface area contributed by atoms with Gasteiger partial charge >= 0.3 is 0 Å². The summed E-state index contributed by atoms with van der Waals surface area (Å²) in [5.74, 6) is -1.08. The van der Waals surface area contributed by atoms with Crippen LogP contribution in [-0.2, 0) is 31.0 Å². The minimum absolute atomic E-state index is 0. The van der Waals surface area contributed by atoms with Gasteiger partial charge in [0.1, 0.15) is 0 Å². The second-order valence-electron chi connectivity index (χ2n) is 1.57. The average Bonchev–Trinajstić information content (AvgIpc) is 1.66. The van der Waals surface area contributed by atoms with Crippen molar-refractivity contribution in [2.45, 2.75) is 26.7 Å². The van der Waals surface area contributed by atoms with Crippen LogP contribution in [0.2, 0.25) is 0 Å². The Hall–Kier alpha value is 0.313. The minimum Gasteiger partial charge on any atom is -0.550 e. The molecule has 10 heavy (non-hydrogen) atoms. The fourth-order valence-electron chi connectivity index (χ4n) is 0.158. The number of aliphatic hydroxyl groups excluding tert-OH is 1. The predicted molar refractivity (Wildman–Crippen MR) is 32.7 cm³/mol. The normalized spacial score (nSPS) is 6.70. The molecule has 0 saturated heterocycles. The van der Waals surface area contributed by atoms with E-state index in [1.165, 1.54) is 0 Å². The van der Waals surface area contributed by atoms with Crippen LogP contribution in [0.3, 0.4) is 0 Å². The smallest absolute Gasteiger partial charge is 0.0430 e. The third-order valence-electron chi connectivity index (χ3n) is 0.512. The van der Waals surface area contributed by atoms with Crippen molar-refractivity contribution in [3.63, 3.8) is 0 Å². The maximum Gasteiger partial charge on any atom is 0.0430 e. The van der Waals surface area contributed by atoms with Gasteiger partial charge in [0.2, 0.25) is 0 Å². The van der Waals surface area contributed by atoms with Gasteiger partial charge in [-0.15, -0.1) is 0 Å². The molecule has 0 heterocycles. The van der Waals surface area contributed by atoms with Crippen LogP contribution in [0.25, 0.3) is 0 Å². The molecule has 1 N–H and O–H groups in total. The summed E-state index contributed by atoms with van der Waals surface area (Å²) >= 11 is 0. The van der Waals surface area contributed by atoms with E-state index in [0.717, 1.165) is 19.8 Å². The monoisotopic (exact) mass is 223 g/mol. The number of aliphatic hydroxyl groups is 1. The number of unbranched alkanes of at least 4 members (excludes halogenated alkanes) is 1. The molecule has 4 heteroatoms. The third kappa shape index (κ3) is 83.1. The van der Waals surface area contributed by atoms with Gasteiger partial charge in [-0.05, 0) is 13.3 Å². The van der Waals surface area contributed by atoms with E-state index in [1.54, 1.807) is 0 Å². The molecule has 0 aromatic carbocycles. The van der Waals surface area contributed by atoms with Crippen molar-refractivity contribution in [2.24, 2.45) is 0 Å². The van der Waals surface area contributed by atoms with E-state index < -0.39 is 5.97 Å². The van der Waals surface area contributed by atoms with Crippen LogP contribution in [-0.4, -0.2) is 17.7 Å². The third-order valence-corrected chi connectivity index (χ3v) is 0.512. The second kappa shape index (κ2) is 16.1. The van der Waals surface area contributed by atoms with E-state index >= 15 is 0 Å². The van der Waals surface area contributed by atoms with Gasteiger partial charge in [-0.2, -0.15) is 0 Å². The van der Waals surface area contributed by atoms with Crippen molar-refractivity contribution in [2.75, 3.05) is 6.61 Å². The number of aliphatic carboxylic acids is 1. The molecule has 0 aliphatic carbocycles. The molecule has 0 amide bonds.